The van der Waals surface area contributed by atoms with Crippen LogP contribution in [0.3, 0.4) is 0 Å². The third-order valence-corrected chi connectivity index (χ3v) is 22.5. The molecule has 16 aromatic carbocycles. The maximum atomic E-state index is 2.73. The van der Waals surface area contributed by atoms with Gasteiger partial charge in [0.25, 0.3) is 0 Å². The Morgan fingerprint density at radius 1 is 0.238 bits per heavy atom. The van der Waals surface area contributed by atoms with Crippen LogP contribution in [0.4, 0.5) is 34.1 Å². The highest BCUT2D eigenvalue weighted by Gasteiger charge is 2.45. The Morgan fingerprint density at radius 2 is 0.562 bits per heavy atom. The molecule has 18 aromatic rings. The zero-order chi connectivity index (χ0) is 70.4. The summed E-state index contributed by atoms with van der Waals surface area (Å²) in [5, 5.41) is 9.82. The van der Waals surface area contributed by atoms with E-state index in [-0.39, 0.29) is 16.7 Å². The highest BCUT2D eigenvalue weighted by molar-refractivity contribution is 6.16. The molecule has 500 valence electrons. The van der Waals surface area contributed by atoms with E-state index in [9.17, 15) is 0 Å². The highest BCUT2D eigenvalue weighted by Crippen LogP contribution is 2.65. The van der Waals surface area contributed by atoms with E-state index < -0.39 is 0 Å². The van der Waals surface area contributed by atoms with E-state index in [0.29, 0.717) is 0 Å². The van der Waals surface area contributed by atoms with Gasteiger partial charge in [-0.1, -0.05) is 296 Å². The minimum atomic E-state index is -0.347. The average Bonchev–Trinajstić information content (AvgIpc) is 0.723. The fourth-order valence-corrected chi connectivity index (χ4v) is 17.5. The maximum Gasteiger partial charge on any atom is 0.0619 e. The number of rotatable bonds is 9. The van der Waals surface area contributed by atoms with Crippen LogP contribution in [0.1, 0.15) is 75.3 Å². The van der Waals surface area contributed by atoms with Gasteiger partial charge >= 0.3 is 0 Å². The van der Waals surface area contributed by atoms with Gasteiger partial charge in [-0.15, -0.1) is 0 Å². The molecule has 0 saturated heterocycles. The van der Waals surface area contributed by atoms with Crippen LogP contribution in [0, 0.1) is 0 Å². The average molecular weight is 1350 g/mol. The molecule has 4 heterocycles. The molecular weight excluding hydrogens is 1270 g/mol. The summed E-state index contributed by atoms with van der Waals surface area (Å²) in [6.45, 7) is 14.3. The van der Waals surface area contributed by atoms with Gasteiger partial charge in [0, 0.05) is 66.7 Å². The predicted molar refractivity (Wildman–Crippen MR) is 445 cm³/mol. The van der Waals surface area contributed by atoms with Crippen molar-refractivity contribution in [1.82, 2.24) is 9.13 Å². The summed E-state index contributed by atoms with van der Waals surface area (Å²) in [6, 6.07) is 131. The van der Waals surface area contributed by atoms with E-state index >= 15 is 0 Å². The Hall–Kier alpha value is -12.8. The van der Waals surface area contributed by atoms with Gasteiger partial charge in [0.05, 0.1) is 56.2 Å². The smallest absolute Gasteiger partial charge is 0.0619 e. The van der Waals surface area contributed by atoms with Crippen molar-refractivity contribution in [2.24, 2.45) is 0 Å². The second kappa shape index (κ2) is 23.9. The number of fused-ring (bicyclic) bond motifs is 13. The first-order valence-electron chi connectivity index (χ1n) is 36.9. The molecule has 1 atom stereocenters. The number of hydrogen-bond acceptors (Lipinski definition) is 2. The number of nitrogens with zero attached hydrogens (tertiary/aromatic N) is 4. The van der Waals surface area contributed by atoms with E-state index in [0.717, 1.165) is 95.5 Å². The molecule has 0 aliphatic carbocycles. The molecular formula is C101H76N4. The topological polar surface area (TPSA) is 16.3 Å². The summed E-state index contributed by atoms with van der Waals surface area (Å²) in [7, 11) is 0. The molecule has 1 unspecified atom stereocenters. The number of benzene rings is 16. The van der Waals surface area contributed by atoms with Crippen molar-refractivity contribution < 1.29 is 0 Å². The zero-order valence-electron chi connectivity index (χ0n) is 59.8. The van der Waals surface area contributed by atoms with Crippen molar-refractivity contribution in [3.63, 3.8) is 0 Å². The van der Waals surface area contributed by atoms with Crippen LogP contribution in [-0.4, -0.2) is 9.13 Å². The van der Waals surface area contributed by atoms with Crippen molar-refractivity contribution in [3.05, 3.63) is 374 Å². The van der Waals surface area contributed by atoms with E-state index in [1.54, 1.807) is 0 Å². The minimum Gasteiger partial charge on any atom is -0.309 e. The van der Waals surface area contributed by atoms with Crippen LogP contribution in [0.15, 0.2) is 346 Å². The summed E-state index contributed by atoms with van der Waals surface area (Å²) >= 11 is 0. The Labute approximate surface area is 613 Å². The molecule has 4 nitrogen and oxygen atoms in total. The van der Waals surface area contributed by atoms with Gasteiger partial charge in [-0.25, -0.2) is 0 Å². The summed E-state index contributed by atoms with van der Waals surface area (Å²) in [6.07, 6.45) is 0. The monoisotopic (exact) mass is 1340 g/mol. The third kappa shape index (κ3) is 9.88. The molecule has 105 heavy (non-hydrogen) atoms. The number of hydrogen-bond donors (Lipinski definition) is 0. The van der Waals surface area contributed by atoms with E-state index in [2.05, 4.69) is 406 Å². The van der Waals surface area contributed by atoms with Crippen molar-refractivity contribution in [2.75, 3.05) is 9.80 Å². The quantitative estimate of drug-likeness (QED) is 0.134. The zero-order valence-corrected chi connectivity index (χ0v) is 59.8. The van der Waals surface area contributed by atoms with Crippen LogP contribution >= 0.6 is 0 Å². The lowest BCUT2D eigenvalue weighted by Gasteiger charge is -2.47. The first-order valence-corrected chi connectivity index (χ1v) is 36.9. The molecule has 2 aromatic heterocycles. The van der Waals surface area contributed by atoms with Gasteiger partial charge in [0.2, 0.25) is 0 Å². The largest absolute Gasteiger partial charge is 0.309 e. The van der Waals surface area contributed by atoms with Crippen LogP contribution in [0.5, 0.6) is 0 Å². The fraction of sp³-hybridized carbons (Fsp3) is 0.0891. The van der Waals surface area contributed by atoms with Gasteiger partial charge in [-0.3, -0.25) is 0 Å². The molecule has 2 aliphatic rings. The second-order valence-corrected chi connectivity index (χ2v) is 30.8. The Kier molecular flexibility index (Phi) is 14.1. The lowest BCUT2D eigenvalue weighted by Crippen LogP contribution is -2.31. The number of para-hydroxylation sites is 4. The molecule has 0 bridgehead atoms. The lowest BCUT2D eigenvalue weighted by atomic mass is 9.73. The summed E-state index contributed by atoms with van der Waals surface area (Å²) < 4.78 is 5.01. The Balaban J connectivity index is 0.972. The first-order chi connectivity index (χ1) is 51.4. The second-order valence-electron chi connectivity index (χ2n) is 30.8. The fourth-order valence-electron chi connectivity index (χ4n) is 17.5. The van der Waals surface area contributed by atoms with E-state index in [1.807, 2.05) is 0 Å². The molecule has 0 fully saturated rings. The standard InChI is InChI=1S/C101H76N4/c1-100(2,3)70-58-86(66-35-15-9-16-36-66)99(87(59-70)67-37-17-10-18-38-67)105-93-63-73(103-90-49-29-25-45-79(90)80-46-26-30-50-91(80)103)52-54-82(93)96-81-53-51-72(102-88-47-27-23-43-77(88)78-44-24-28-48-89(78)102)62-92(81)104(94-60-71(101(4,5)6)61-95(105)97(94)96)98-84(64-31-11-7-12-32-64)56-69(57-85(98)65-33-13-8-14-34-65)83-55-68-39-19-20-40-74(68)75-41-21-22-42-76(75)83/h7-63,96H,1-6H3. The number of aromatic nitrogens is 2. The predicted octanol–water partition coefficient (Wildman–Crippen LogP) is 27.9. The lowest BCUT2D eigenvalue weighted by molar-refractivity contribution is 0.589. The van der Waals surface area contributed by atoms with Crippen LogP contribution in [-0.2, 0) is 10.8 Å². The molecule has 0 amide bonds. The van der Waals surface area contributed by atoms with Crippen molar-refractivity contribution >= 4 is 99.3 Å². The molecule has 0 N–H and O–H groups in total. The number of anilines is 6. The van der Waals surface area contributed by atoms with Gasteiger partial charge in [-0.05, 0) is 179 Å². The SMILES string of the molecule is CC(C)(C)c1cc(-c2ccccc2)c(N2c3cc(-n4c5ccccc5c5ccccc54)ccc3C3c4ccc(-n5c6ccccc6c6ccccc65)cc4N(c4c(-c5ccccc5)cc(-c5cc6ccccc6c6ccccc56)cc4-c4ccccc4)c4cc(C(C)(C)C)cc2c43)c(-c2ccccc2)c1. The van der Waals surface area contributed by atoms with Crippen LogP contribution in [0.25, 0.3) is 132 Å². The van der Waals surface area contributed by atoms with E-state index in [1.165, 1.54) is 98.6 Å². The van der Waals surface area contributed by atoms with E-state index in [4.69, 9.17) is 0 Å². The first kappa shape index (κ1) is 62.1. The van der Waals surface area contributed by atoms with Crippen molar-refractivity contribution in [1.29, 1.82) is 0 Å². The summed E-state index contributed by atoms with van der Waals surface area (Å²) in [4.78, 5) is 5.47. The minimum absolute atomic E-state index is 0.197. The summed E-state index contributed by atoms with van der Waals surface area (Å²) in [5.74, 6) is -0.251. The maximum absolute atomic E-state index is 2.73. The Bertz CT molecular complexity index is 6310. The molecule has 0 spiro atoms. The molecule has 0 radical (unpaired) electrons. The third-order valence-electron chi connectivity index (χ3n) is 22.5. The molecule has 20 rings (SSSR count). The molecule has 0 saturated carbocycles. The van der Waals surface area contributed by atoms with Gasteiger partial charge < -0.3 is 18.9 Å². The van der Waals surface area contributed by atoms with Crippen molar-refractivity contribution in [3.8, 4) is 67.0 Å². The van der Waals surface area contributed by atoms with Gasteiger partial charge in [0.15, 0.2) is 0 Å². The van der Waals surface area contributed by atoms with Crippen molar-refractivity contribution in [2.45, 2.75) is 58.3 Å². The molecule has 4 heteroatoms. The summed E-state index contributed by atoms with van der Waals surface area (Å²) in [5.41, 5.74) is 30.8. The Morgan fingerprint density at radius 3 is 0.952 bits per heavy atom. The van der Waals surface area contributed by atoms with Gasteiger partial charge in [0.1, 0.15) is 0 Å². The van der Waals surface area contributed by atoms with Crippen LogP contribution < -0.4 is 9.80 Å². The van der Waals surface area contributed by atoms with Crippen LogP contribution in [0.2, 0.25) is 0 Å². The van der Waals surface area contributed by atoms with Gasteiger partial charge in [-0.2, -0.15) is 0 Å². The highest BCUT2D eigenvalue weighted by atomic mass is 15.2. The molecule has 2 aliphatic heterocycles. The normalized spacial score (nSPS) is 13.5.